The molecule has 0 aromatic heterocycles. The molecule has 0 atom stereocenters. The number of allylic oxidation sites excluding steroid dienone is 2. The third kappa shape index (κ3) is 20.3. The predicted molar refractivity (Wildman–Crippen MR) is 93.8 cm³/mol. The zero-order valence-electron chi connectivity index (χ0n) is 13.6. The van der Waals surface area contributed by atoms with E-state index in [4.69, 9.17) is 5.11 Å². The van der Waals surface area contributed by atoms with Gasteiger partial charge in [0.2, 0.25) is 0 Å². The molecule has 0 unspecified atom stereocenters. The van der Waals surface area contributed by atoms with E-state index >= 15 is 0 Å². The number of hydrogen-bond donors (Lipinski definition) is 1. The van der Waals surface area contributed by atoms with Gasteiger partial charge in [-0.3, -0.25) is 0 Å². The van der Waals surface area contributed by atoms with Crippen LogP contribution in [0.25, 0.3) is 0 Å². The summed E-state index contributed by atoms with van der Waals surface area (Å²) in [6.45, 7) is 2.64. The van der Waals surface area contributed by atoms with E-state index in [0.717, 1.165) is 6.42 Å². The zero-order valence-corrected chi connectivity index (χ0v) is 14.4. The third-order valence-corrected chi connectivity index (χ3v) is 3.67. The van der Waals surface area contributed by atoms with Crippen molar-refractivity contribution < 1.29 is 5.11 Å². The minimum absolute atomic E-state index is 0. The molecule has 0 aromatic carbocycles. The first-order chi connectivity index (χ1) is 9.41. The molecule has 2 heteroatoms. The largest absolute Gasteiger partial charge is 0.396 e. The molecule has 0 aliphatic carbocycles. The summed E-state index contributed by atoms with van der Waals surface area (Å²) >= 11 is 0. The fraction of sp³-hybridized carbons (Fsp3) is 0.889. The highest BCUT2D eigenvalue weighted by atomic mass is 35.5. The molecule has 1 nitrogen and oxygen atoms in total. The Morgan fingerprint density at radius 1 is 0.600 bits per heavy atom. The Morgan fingerprint density at radius 2 is 1.00 bits per heavy atom. The quantitative estimate of drug-likeness (QED) is 0.273. The van der Waals surface area contributed by atoms with E-state index in [9.17, 15) is 0 Å². The van der Waals surface area contributed by atoms with Crippen LogP contribution in [-0.4, -0.2) is 11.7 Å². The van der Waals surface area contributed by atoms with Gasteiger partial charge in [-0.1, -0.05) is 76.9 Å². The van der Waals surface area contributed by atoms with Gasteiger partial charge in [0.15, 0.2) is 0 Å². The summed E-state index contributed by atoms with van der Waals surface area (Å²) in [7, 11) is 0. The molecule has 1 N–H and O–H groups in total. The van der Waals surface area contributed by atoms with Crippen molar-refractivity contribution in [2.24, 2.45) is 0 Å². The molecule has 0 saturated carbocycles. The van der Waals surface area contributed by atoms with Gasteiger partial charge >= 0.3 is 0 Å². The van der Waals surface area contributed by atoms with E-state index in [2.05, 4.69) is 19.1 Å². The van der Waals surface area contributed by atoms with Crippen LogP contribution in [0.2, 0.25) is 0 Å². The molecule has 0 rings (SSSR count). The third-order valence-electron chi connectivity index (χ3n) is 3.67. The number of hydrogen-bond acceptors (Lipinski definition) is 1. The molecule has 0 bridgehead atoms. The maximum Gasteiger partial charge on any atom is 0.0431 e. The number of aliphatic hydroxyl groups is 1. The van der Waals surface area contributed by atoms with Crippen molar-refractivity contribution in [3.63, 3.8) is 0 Å². The van der Waals surface area contributed by atoms with Gasteiger partial charge in [0, 0.05) is 6.61 Å². The van der Waals surface area contributed by atoms with Crippen LogP contribution in [-0.2, 0) is 0 Å². The van der Waals surface area contributed by atoms with Crippen LogP contribution >= 0.6 is 12.4 Å². The molecule has 122 valence electrons. The van der Waals surface area contributed by atoms with Crippen molar-refractivity contribution >= 4 is 12.4 Å². The van der Waals surface area contributed by atoms with E-state index < -0.39 is 0 Å². The van der Waals surface area contributed by atoms with E-state index in [1.54, 1.807) is 0 Å². The van der Waals surface area contributed by atoms with E-state index in [1.807, 2.05) is 0 Å². The number of halogens is 1. The molecule has 0 heterocycles. The van der Waals surface area contributed by atoms with Gasteiger partial charge in [0.25, 0.3) is 0 Å². The minimum atomic E-state index is 0. The van der Waals surface area contributed by atoms with Crippen LogP contribution in [0.15, 0.2) is 12.2 Å². The highest BCUT2D eigenvalue weighted by Crippen LogP contribution is 2.09. The number of aliphatic hydroxyl groups excluding tert-OH is 1. The Hall–Kier alpha value is -0.0100. The van der Waals surface area contributed by atoms with Gasteiger partial charge in [-0.05, 0) is 32.1 Å². The Morgan fingerprint density at radius 3 is 1.45 bits per heavy atom. The summed E-state index contributed by atoms with van der Waals surface area (Å²) in [4.78, 5) is 0. The van der Waals surface area contributed by atoms with Crippen LogP contribution in [0, 0.1) is 0 Å². The van der Waals surface area contributed by atoms with Crippen molar-refractivity contribution in [1.29, 1.82) is 0 Å². The van der Waals surface area contributed by atoms with Crippen LogP contribution in [0.5, 0.6) is 0 Å². The average Bonchev–Trinajstić information content (AvgIpc) is 2.43. The van der Waals surface area contributed by atoms with Crippen LogP contribution < -0.4 is 0 Å². The van der Waals surface area contributed by atoms with Crippen molar-refractivity contribution in [3.8, 4) is 0 Å². The summed E-state index contributed by atoms with van der Waals surface area (Å²) in [6.07, 6.45) is 23.2. The predicted octanol–water partition coefficient (Wildman–Crippen LogP) is 6.44. The summed E-state index contributed by atoms with van der Waals surface area (Å²) in [5.74, 6) is 0. The van der Waals surface area contributed by atoms with E-state index in [0.29, 0.717) is 6.61 Å². The summed E-state index contributed by atoms with van der Waals surface area (Å²) in [6, 6.07) is 0. The summed E-state index contributed by atoms with van der Waals surface area (Å²) in [5, 5.41) is 8.66. The van der Waals surface area contributed by atoms with Crippen LogP contribution in [0.3, 0.4) is 0 Å². The maximum atomic E-state index is 8.66. The lowest BCUT2D eigenvalue weighted by Crippen LogP contribution is -1.83. The standard InChI is InChI=1S/C18H36O.ClH/c1-2-3-4-5-6-7-8-9-10-11-12-13-14-15-16-17-18-19;/h9-10,19H,2-8,11-18H2,1H3;1H/b10-9-;. The topological polar surface area (TPSA) is 20.2 Å². The summed E-state index contributed by atoms with van der Waals surface area (Å²) < 4.78 is 0. The van der Waals surface area contributed by atoms with E-state index in [1.165, 1.54) is 83.5 Å². The molecular weight excluding hydrogens is 268 g/mol. The van der Waals surface area contributed by atoms with Crippen molar-refractivity contribution in [2.45, 2.75) is 96.8 Å². The lowest BCUT2D eigenvalue weighted by Gasteiger charge is -1.99. The first-order valence-electron chi connectivity index (χ1n) is 8.67. The second-order valence-corrected chi connectivity index (χ2v) is 5.66. The Bertz CT molecular complexity index is 180. The molecule has 0 saturated heterocycles. The Kier molecular flexibility index (Phi) is 23.7. The molecule has 0 aliphatic heterocycles. The zero-order chi connectivity index (χ0) is 14.0. The van der Waals surface area contributed by atoms with Gasteiger partial charge in [-0.25, -0.2) is 0 Å². The molecule has 0 aliphatic rings. The highest BCUT2D eigenvalue weighted by molar-refractivity contribution is 5.85. The minimum Gasteiger partial charge on any atom is -0.396 e. The number of rotatable bonds is 15. The molecule has 20 heavy (non-hydrogen) atoms. The molecular formula is C18H37ClO. The second-order valence-electron chi connectivity index (χ2n) is 5.66. The normalized spacial score (nSPS) is 10.9. The molecule has 0 amide bonds. The smallest absolute Gasteiger partial charge is 0.0431 e. The van der Waals surface area contributed by atoms with Gasteiger partial charge in [-0.15, -0.1) is 12.4 Å². The molecule has 0 fully saturated rings. The molecule has 0 radical (unpaired) electrons. The monoisotopic (exact) mass is 304 g/mol. The van der Waals surface area contributed by atoms with E-state index in [-0.39, 0.29) is 12.4 Å². The van der Waals surface area contributed by atoms with Crippen LogP contribution in [0.1, 0.15) is 96.8 Å². The number of unbranched alkanes of at least 4 members (excludes halogenated alkanes) is 12. The highest BCUT2D eigenvalue weighted by Gasteiger charge is 1.90. The van der Waals surface area contributed by atoms with Gasteiger partial charge < -0.3 is 5.11 Å². The Labute approximate surface area is 133 Å². The van der Waals surface area contributed by atoms with Crippen molar-refractivity contribution in [1.82, 2.24) is 0 Å². The van der Waals surface area contributed by atoms with Gasteiger partial charge in [-0.2, -0.15) is 0 Å². The summed E-state index contributed by atoms with van der Waals surface area (Å²) in [5.41, 5.74) is 0. The van der Waals surface area contributed by atoms with Crippen molar-refractivity contribution in [2.75, 3.05) is 6.61 Å². The first-order valence-corrected chi connectivity index (χ1v) is 8.67. The van der Waals surface area contributed by atoms with Gasteiger partial charge in [0.1, 0.15) is 0 Å². The average molecular weight is 305 g/mol. The second kappa shape index (κ2) is 21.3. The maximum absolute atomic E-state index is 8.66. The first kappa shape index (κ1) is 22.3. The lowest BCUT2D eigenvalue weighted by molar-refractivity contribution is 0.282. The van der Waals surface area contributed by atoms with Gasteiger partial charge in [0.05, 0.1) is 0 Å². The lowest BCUT2D eigenvalue weighted by atomic mass is 10.1. The Balaban J connectivity index is 0. The van der Waals surface area contributed by atoms with Crippen LogP contribution in [0.4, 0.5) is 0 Å². The SMILES string of the molecule is CCCCCCCC/C=C\CCCCCCCCO.Cl. The fourth-order valence-corrected chi connectivity index (χ4v) is 2.36. The fourth-order valence-electron chi connectivity index (χ4n) is 2.36. The molecule has 0 spiro atoms. The molecule has 0 aromatic rings. The van der Waals surface area contributed by atoms with Crippen molar-refractivity contribution in [3.05, 3.63) is 12.2 Å².